The van der Waals surface area contributed by atoms with Gasteiger partial charge in [-0.25, -0.2) is 4.68 Å². The predicted octanol–water partition coefficient (Wildman–Crippen LogP) is 2.67. The standard InChI is InChI=1S/C21H24N6O3/c1-13-4-6-17(7-5-13)27-15(3)19(23-25-27)21(29)26-10-8-16(9-11-26)20(28)22-18-12-14(2)30-24-18/h4-7,12,16H,8-11H2,1-3H3,(H,22,24,28). The molecule has 1 aromatic carbocycles. The lowest BCUT2D eigenvalue weighted by molar-refractivity contribution is -0.121. The van der Waals surface area contributed by atoms with E-state index in [4.69, 9.17) is 4.52 Å². The Morgan fingerprint density at radius 3 is 2.43 bits per heavy atom. The number of hydrogen-bond donors (Lipinski definition) is 1. The first kappa shape index (κ1) is 19.8. The molecule has 4 rings (SSSR count). The summed E-state index contributed by atoms with van der Waals surface area (Å²) >= 11 is 0. The average Bonchev–Trinajstić information content (AvgIpc) is 3.33. The van der Waals surface area contributed by atoms with Crippen LogP contribution < -0.4 is 5.32 Å². The number of aromatic nitrogens is 4. The van der Waals surface area contributed by atoms with Crippen LogP contribution in [0, 0.1) is 26.7 Å². The first-order valence-electron chi connectivity index (χ1n) is 9.95. The molecule has 30 heavy (non-hydrogen) atoms. The van der Waals surface area contributed by atoms with Crippen LogP contribution in [0.1, 0.15) is 40.3 Å². The molecule has 1 fully saturated rings. The number of carbonyl (C=O) groups is 2. The average molecular weight is 408 g/mol. The minimum absolute atomic E-state index is 0.100. The number of anilines is 1. The summed E-state index contributed by atoms with van der Waals surface area (Å²) in [6, 6.07) is 9.57. The van der Waals surface area contributed by atoms with Crippen molar-refractivity contribution in [3.8, 4) is 5.69 Å². The third-order valence-corrected chi connectivity index (χ3v) is 5.41. The fraction of sp³-hybridized carbons (Fsp3) is 0.381. The number of carbonyl (C=O) groups excluding carboxylic acids is 2. The topological polar surface area (TPSA) is 106 Å². The van der Waals surface area contributed by atoms with Crippen molar-refractivity contribution in [3.63, 3.8) is 0 Å². The lowest BCUT2D eigenvalue weighted by Crippen LogP contribution is -2.41. The van der Waals surface area contributed by atoms with Gasteiger partial charge in [-0.3, -0.25) is 9.59 Å². The van der Waals surface area contributed by atoms with Gasteiger partial charge in [0.2, 0.25) is 5.91 Å². The van der Waals surface area contributed by atoms with Crippen molar-refractivity contribution in [2.75, 3.05) is 18.4 Å². The van der Waals surface area contributed by atoms with E-state index in [0.717, 1.165) is 11.3 Å². The Morgan fingerprint density at radius 1 is 1.10 bits per heavy atom. The summed E-state index contributed by atoms with van der Waals surface area (Å²) in [5, 5.41) is 14.8. The summed E-state index contributed by atoms with van der Waals surface area (Å²) in [6.07, 6.45) is 1.17. The van der Waals surface area contributed by atoms with Gasteiger partial charge < -0.3 is 14.7 Å². The Bertz CT molecular complexity index is 1060. The zero-order chi connectivity index (χ0) is 21.3. The number of hydrogen-bond acceptors (Lipinski definition) is 6. The summed E-state index contributed by atoms with van der Waals surface area (Å²) in [6.45, 7) is 6.61. The molecule has 9 nitrogen and oxygen atoms in total. The fourth-order valence-electron chi connectivity index (χ4n) is 3.61. The van der Waals surface area contributed by atoms with Gasteiger partial charge in [0.25, 0.3) is 5.91 Å². The zero-order valence-electron chi connectivity index (χ0n) is 17.3. The molecular formula is C21H24N6O3. The molecule has 0 bridgehead atoms. The van der Waals surface area contributed by atoms with Crippen molar-refractivity contribution in [3.05, 3.63) is 53.0 Å². The van der Waals surface area contributed by atoms with E-state index in [2.05, 4.69) is 20.8 Å². The largest absolute Gasteiger partial charge is 0.360 e. The first-order valence-corrected chi connectivity index (χ1v) is 9.95. The summed E-state index contributed by atoms with van der Waals surface area (Å²) in [4.78, 5) is 27.2. The molecule has 0 unspecified atom stereocenters. The SMILES string of the molecule is Cc1ccc(-n2nnc(C(=O)N3CCC(C(=O)Nc4cc(C)on4)CC3)c2C)cc1. The number of nitrogens with one attached hydrogen (secondary N) is 1. The van der Waals surface area contributed by atoms with Gasteiger partial charge >= 0.3 is 0 Å². The number of nitrogens with zero attached hydrogens (tertiary/aromatic N) is 5. The number of amides is 2. The molecule has 156 valence electrons. The van der Waals surface area contributed by atoms with Gasteiger partial charge in [-0.15, -0.1) is 5.10 Å². The van der Waals surface area contributed by atoms with Crippen LogP contribution in [-0.2, 0) is 4.79 Å². The highest BCUT2D eigenvalue weighted by atomic mass is 16.5. The van der Waals surface area contributed by atoms with Gasteiger partial charge in [0.05, 0.1) is 11.4 Å². The Kier molecular flexibility index (Phi) is 5.35. The van der Waals surface area contributed by atoms with E-state index in [1.165, 1.54) is 0 Å². The van der Waals surface area contributed by atoms with Crippen LogP contribution in [0.25, 0.3) is 5.69 Å². The second kappa shape index (κ2) is 8.10. The van der Waals surface area contributed by atoms with E-state index in [1.54, 1.807) is 22.6 Å². The molecule has 1 aliphatic rings. The molecule has 0 aliphatic carbocycles. The summed E-state index contributed by atoms with van der Waals surface area (Å²) < 4.78 is 6.64. The fourth-order valence-corrected chi connectivity index (χ4v) is 3.61. The lowest BCUT2D eigenvalue weighted by atomic mass is 9.95. The molecule has 0 atom stereocenters. The second-order valence-electron chi connectivity index (χ2n) is 7.65. The highest BCUT2D eigenvalue weighted by molar-refractivity contribution is 5.94. The molecule has 1 aliphatic heterocycles. The maximum absolute atomic E-state index is 13.0. The van der Waals surface area contributed by atoms with Crippen LogP contribution in [-0.4, -0.2) is 50.0 Å². The Hall–Kier alpha value is -3.49. The lowest BCUT2D eigenvalue weighted by Gasteiger charge is -2.30. The van der Waals surface area contributed by atoms with Crippen LogP contribution in [0.2, 0.25) is 0 Å². The molecule has 0 saturated carbocycles. The molecule has 0 radical (unpaired) electrons. The van der Waals surface area contributed by atoms with Crippen LogP contribution >= 0.6 is 0 Å². The van der Waals surface area contributed by atoms with Gasteiger partial charge in [-0.2, -0.15) is 0 Å². The van der Waals surface area contributed by atoms with Crippen LogP contribution in [0.3, 0.4) is 0 Å². The number of rotatable bonds is 4. The maximum Gasteiger partial charge on any atom is 0.276 e. The van der Waals surface area contributed by atoms with E-state index in [-0.39, 0.29) is 17.7 Å². The van der Waals surface area contributed by atoms with Crippen molar-refractivity contribution in [1.82, 2.24) is 25.1 Å². The van der Waals surface area contributed by atoms with E-state index in [1.807, 2.05) is 38.1 Å². The molecule has 1 saturated heterocycles. The highest BCUT2D eigenvalue weighted by Crippen LogP contribution is 2.22. The monoisotopic (exact) mass is 408 g/mol. The van der Waals surface area contributed by atoms with Gasteiger partial charge in [-0.1, -0.05) is 28.1 Å². The molecule has 3 aromatic rings. The predicted molar refractivity (Wildman–Crippen MR) is 109 cm³/mol. The Labute approximate surface area is 174 Å². The zero-order valence-corrected chi connectivity index (χ0v) is 17.3. The van der Waals surface area contributed by atoms with Gasteiger partial charge in [-0.05, 0) is 45.7 Å². The minimum atomic E-state index is -0.171. The summed E-state index contributed by atoms with van der Waals surface area (Å²) in [5.74, 6) is 0.628. The third kappa shape index (κ3) is 3.96. The number of piperidine rings is 1. The van der Waals surface area contributed by atoms with Gasteiger partial charge in [0, 0.05) is 25.1 Å². The number of aryl methyl sites for hydroxylation is 2. The number of benzene rings is 1. The maximum atomic E-state index is 13.0. The third-order valence-electron chi connectivity index (χ3n) is 5.41. The molecule has 2 aromatic heterocycles. The molecular weight excluding hydrogens is 384 g/mol. The van der Waals surface area contributed by atoms with Gasteiger partial charge in [0.1, 0.15) is 5.76 Å². The van der Waals surface area contributed by atoms with Crippen molar-refractivity contribution < 1.29 is 14.1 Å². The first-order chi connectivity index (χ1) is 14.4. The van der Waals surface area contributed by atoms with E-state index in [9.17, 15) is 9.59 Å². The van der Waals surface area contributed by atoms with Crippen LogP contribution in [0.4, 0.5) is 5.82 Å². The van der Waals surface area contributed by atoms with Crippen LogP contribution in [0.5, 0.6) is 0 Å². The minimum Gasteiger partial charge on any atom is -0.360 e. The smallest absolute Gasteiger partial charge is 0.276 e. The van der Waals surface area contributed by atoms with Crippen molar-refractivity contribution in [2.45, 2.75) is 33.6 Å². The molecule has 2 amide bonds. The van der Waals surface area contributed by atoms with Crippen molar-refractivity contribution >= 4 is 17.6 Å². The van der Waals surface area contributed by atoms with Crippen LogP contribution in [0.15, 0.2) is 34.9 Å². The highest BCUT2D eigenvalue weighted by Gasteiger charge is 2.30. The molecule has 3 heterocycles. The Balaban J connectivity index is 1.38. The normalized spacial score (nSPS) is 14.7. The van der Waals surface area contributed by atoms with E-state index < -0.39 is 0 Å². The Morgan fingerprint density at radius 2 is 1.80 bits per heavy atom. The van der Waals surface area contributed by atoms with E-state index >= 15 is 0 Å². The van der Waals surface area contributed by atoms with Gasteiger partial charge in [0.15, 0.2) is 11.5 Å². The van der Waals surface area contributed by atoms with E-state index in [0.29, 0.717) is 48.9 Å². The summed E-state index contributed by atoms with van der Waals surface area (Å²) in [5.41, 5.74) is 3.06. The second-order valence-corrected chi connectivity index (χ2v) is 7.65. The van der Waals surface area contributed by atoms with Crippen molar-refractivity contribution in [1.29, 1.82) is 0 Å². The number of likely N-dealkylation sites (tertiary alicyclic amines) is 1. The van der Waals surface area contributed by atoms with Crippen molar-refractivity contribution in [2.24, 2.45) is 5.92 Å². The summed E-state index contributed by atoms with van der Waals surface area (Å²) in [7, 11) is 0. The molecule has 0 spiro atoms. The quantitative estimate of drug-likeness (QED) is 0.711. The molecule has 9 heteroatoms. The molecule has 1 N–H and O–H groups in total.